The molecule has 20 heavy (non-hydrogen) atoms. The number of ether oxygens (including phenoxy) is 1. The highest BCUT2D eigenvalue weighted by Gasteiger charge is 2.11. The number of benzene rings is 1. The predicted molar refractivity (Wildman–Crippen MR) is 78.6 cm³/mol. The van der Waals surface area contributed by atoms with E-state index in [1.807, 2.05) is 13.0 Å². The van der Waals surface area contributed by atoms with Crippen LogP contribution in [-0.4, -0.2) is 42.2 Å². The van der Waals surface area contributed by atoms with Gasteiger partial charge in [0.05, 0.1) is 5.56 Å². The van der Waals surface area contributed by atoms with Gasteiger partial charge in [0.15, 0.2) is 0 Å². The maximum Gasteiger partial charge on any atom is 0.335 e. The van der Waals surface area contributed by atoms with Gasteiger partial charge in [-0.05, 0) is 56.1 Å². The number of rotatable bonds is 6. The summed E-state index contributed by atoms with van der Waals surface area (Å²) in [5.41, 5.74) is 1.20. The Morgan fingerprint density at radius 3 is 2.70 bits per heavy atom. The summed E-state index contributed by atoms with van der Waals surface area (Å²) in [6.07, 6.45) is 4.61. The van der Waals surface area contributed by atoms with E-state index in [0.717, 1.165) is 17.9 Å². The first-order valence-corrected chi connectivity index (χ1v) is 7.42. The minimum Gasteiger partial charge on any atom is -0.492 e. The molecular weight excluding hydrogens is 254 g/mol. The van der Waals surface area contributed by atoms with E-state index < -0.39 is 5.97 Å². The minimum absolute atomic E-state index is 0.371. The van der Waals surface area contributed by atoms with Crippen LogP contribution in [0.4, 0.5) is 0 Å². The standard InChI is InChI=1S/C16H23NO3/c1-2-13-12-14(6-7-15(13)16(18)19)20-11-10-17-8-4-3-5-9-17/h6-7,12H,2-5,8-11H2,1H3,(H,18,19). The van der Waals surface area contributed by atoms with Crippen molar-refractivity contribution in [2.24, 2.45) is 0 Å². The van der Waals surface area contributed by atoms with Crippen molar-refractivity contribution in [1.82, 2.24) is 4.90 Å². The highest BCUT2D eigenvalue weighted by molar-refractivity contribution is 5.89. The Balaban J connectivity index is 1.87. The summed E-state index contributed by atoms with van der Waals surface area (Å²) in [7, 11) is 0. The molecule has 0 radical (unpaired) electrons. The molecular formula is C16H23NO3. The normalized spacial score (nSPS) is 16.1. The van der Waals surface area contributed by atoms with Gasteiger partial charge in [-0.1, -0.05) is 13.3 Å². The first-order chi connectivity index (χ1) is 9.70. The Morgan fingerprint density at radius 2 is 2.05 bits per heavy atom. The Morgan fingerprint density at radius 1 is 1.30 bits per heavy atom. The van der Waals surface area contributed by atoms with Crippen molar-refractivity contribution in [3.63, 3.8) is 0 Å². The third-order valence-corrected chi connectivity index (χ3v) is 3.81. The number of likely N-dealkylation sites (tertiary alicyclic amines) is 1. The summed E-state index contributed by atoms with van der Waals surface area (Å²) in [4.78, 5) is 13.5. The molecule has 4 heteroatoms. The first kappa shape index (κ1) is 14.9. The Labute approximate surface area is 120 Å². The van der Waals surface area contributed by atoms with E-state index >= 15 is 0 Å². The Bertz CT molecular complexity index is 453. The number of carbonyl (C=O) groups is 1. The van der Waals surface area contributed by atoms with Gasteiger partial charge >= 0.3 is 5.97 Å². The molecule has 0 atom stereocenters. The minimum atomic E-state index is -0.873. The van der Waals surface area contributed by atoms with Gasteiger partial charge in [-0.25, -0.2) is 4.79 Å². The first-order valence-electron chi connectivity index (χ1n) is 7.42. The van der Waals surface area contributed by atoms with Gasteiger partial charge in [-0.2, -0.15) is 0 Å². The largest absolute Gasteiger partial charge is 0.492 e. The Hall–Kier alpha value is -1.55. The maximum atomic E-state index is 11.1. The molecule has 1 saturated heterocycles. The second kappa shape index (κ2) is 7.29. The van der Waals surface area contributed by atoms with Gasteiger partial charge in [-0.3, -0.25) is 4.90 Å². The van der Waals surface area contributed by atoms with E-state index in [0.29, 0.717) is 18.6 Å². The van der Waals surface area contributed by atoms with Crippen LogP contribution >= 0.6 is 0 Å². The van der Waals surface area contributed by atoms with E-state index in [2.05, 4.69) is 4.90 Å². The van der Waals surface area contributed by atoms with Crippen LogP contribution in [-0.2, 0) is 6.42 Å². The molecule has 2 rings (SSSR count). The molecule has 1 heterocycles. The number of hydrogen-bond donors (Lipinski definition) is 1. The topological polar surface area (TPSA) is 49.8 Å². The number of piperidine rings is 1. The van der Waals surface area contributed by atoms with Crippen molar-refractivity contribution in [2.75, 3.05) is 26.2 Å². The van der Waals surface area contributed by atoms with Crippen LogP contribution in [0.5, 0.6) is 5.75 Å². The average molecular weight is 277 g/mol. The van der Waals surface area contributed by atoms with Gasteiger partial charge in [0.1, 0.15) is 12.4 Å². The molecule has 1 aliphatic heterocycles. The van der Waals surface area contributed by atoms with Gasteiger partial charge in [0, 0.05) is 6.54 Å². The lowest BCUT2D eigenvalue weighted by atomic mass is 10.1. The summed E-state index contributed by atoms with van der Waals surface area (Å²) in [6.45, 7) is 5.90. The van der Waals surface area contributed by atoms with Crippen LogP contribution < -0.4 is 4.74 Å². The summed E-state index contributed by atoms with van der Waals surface area (Å²) in [5, 5.41) is 9.09. The monoisotopic (exact) mass is 277 g/mol. The molecule has 0 bridgehead atoms. The van der Waals surface area contributed by atoms with Gasteiger partial charge in [0.2, 0.25) is 0 Å². The maximum absolute atomic E-state index is 11.1. The zero-order valence-electron chi connectivity index (χ0n) is 12.1. The number of carboxylic acid groups (broad SMARTS) is 1. The smallest absolute Gasteiger partial charge is 0.335 e. The van der Waals surface area contributed by atoms with Crippen molar-refractivity contribution >= 4 is 5.97 Å². The highest BCUT2D eigenvalue weighted by Crippen LogP contribution is 2.19. The molecule has 0 unspecified atom stereocenters. The SMILES string of the molecule is CCc1cc(OCCN2CCCCC2)ccc1C(=O)O. The number of carboxylic acids is 1. The molecule has 1 fully saturated rings. The van der Waals surface area contributed by atoms with Crippen molar-refractivity contribution in [2.45, 2.75) is 32.6 Å². The Kier molecular flexibility index (Phi) is 5.41. The van der Waals surface area contributed by atoms with Crippen LogP contribution in [0.1, 0.15) is 42.1 Å². The molecule has 4 nitrogen and oxygen atoms in total. The molecule has 1 N–H and O–H groups in total. The van der Waals surface area contributed by atoms with Gasteiger partial charge < -0.3 is 9.84 Å². The second-order valence-electron chi connectivity index (χ2n) is 5.23. The molecule has 0 aromatic heterocycles. The highest BCUT2D eigenvalue weighted by atomic mass is 16.5. The van der Waals surface area contributed by atoms with Crippen LogP contribution in [0.2, 0.25) is 0 Å². The third-order valence-electron chi connectivity index (χ3n) is 3.81. The third kappa shape index (κ3) is 3.97. The molecule has 0 spiro atoms. The summed E-state index contributed by atoms with van der Waals surface area (Å²) in [5.74, 6) is -0.106. The van der Waals surface area contributed by atoms with Crippen LogP contribution in [0.25, 0.3) is 0 Å². The fourth-order valence-electron chi connectivity index (χ4n) is 2.64. The molecule has 0 saturated carbocycles. The quantitative estimate of drug-likeness (QED) is 0.868. The predicted octanol–water partition coefficient (Wildman–Crippen LogP) is 2.81. The molecule has 1 aromatic carbocycles. The summed E-state index contributed by atoms with van der Waals surface area (Å²) >= 11 is 0. The van der Waals surface area contributed by atoms with E-state index in [1.54, 1.807) is 12.1 Å². The average Bonchev–Trinajstić information content (AvgIpc) is 2.48. The fraction of sp³-hybridized carbons (Fsp3) is 0.562. The number of hydrogen-bond acceptors (Lipinski definition) is 3. The van der Waals surface area contributed by atoms with Crippen LogP contribution in [0, 0.1) is 0 Å². The van der Waals surface area contributed by atoms with E-state index in [-0.39, 0.29) is 0 Å². The van der Waals surface area contributed by atoms with E-state index in [1.165, 1.54) is 32.4 Å². The molecule has 0 aliphatic carbocycles. The zero-order valence-corrected chi connectivity index (χ0v) is 12.1. The van der Waals surface area contributed by atoms with E-state index in [4.69, 9.17) is 9.84 Å². The summed E-state index contributed by atoms with van der Waals surface area (Å²) < 4.78 is 5.75. The lowest BCUT2D eigenvalue weighted by Gasteiger charge is -2.26. The lowest BCUT2D eigenvalue weighted by molar-refractivity contribution is 0.0695. The number of aryl methyl sites for hydroxylation is 1. The van der Waals surface area contributed by atoms with Crippen LogP contribution in [0.15, 0.2) is 18.2 Å². The molecule has 1 aromatic rings. The van der Waals surface area contributed by atoms with E-state index in [9.17, 15) is 4.79 Å². The van der Waals surface area contributed by atoms with Crippen molar-refractivity contribution < 1.29 is 14.6 Å². The number of aromatic carboxylic acids is 1. The fourth-order valence-corrected chi connectivity index (χ4v) is 2.64. The molecule has 110 valence electrons. The second-order valence-corrected chi connectivity index (χ2v) is 5.23. The summed E-state index contributed by atoms with van der Waals surface area (Å²) in [6, 6.07) is 5.23. The number of nitrogens with zero attached hydrogens (tertiary/aromatic N) is 1. The van der Waals surface area contributed by atoms with Gasteiger partial charge in [0.25, 0.3) is 0 Å². The van der Waals surface area contributed by atoms with Crippen molar-refractivity contribution in [1.29, 1.82) is 0 Å². The lowest BCUT2D eigenvalue weighted by Crippen LogP contribution is -2.33. The zero-order chi connectivity index (χ0) is 14.4. The molecule has 0 amide bonds. The molecule has 1 aliphatic rings. The van der Waals surface area contributed by atoms with Crippen LogP contribution in [0.3, 0.4) is 0 Å². The van der Waals surface area contributed by atoms with Crippen molar-refractivity contribution in [3.8, 4) is 5.75 Å². The van der Waals surface area contributed by atoms with Crippen molar-refractivity contribution in [3.05, 3.63) is 29.3 Å². The van der Waals surface area contributed by atoms with Gasteiger partial charge in [-0.15, -0.1) is 0 Å².